The Morgan fingerprint density at radius 3 is 2.84 bits per heavy atom. The molecule has 1 aliphatic rings. The predicted octanol–water partition coefficient (Wildman–Crippen LogP) is 2.03. The molecule has 0 bridgehead atoms. The van der Waals surface area contributed by atoms with Crippen LogP contribution in [0.4, 0.5) is 0 Å². The standard InChI is InChI=1S/C13H19ClN2O2S/c1-18-9-13(4-6-15-7-5-13)12(17)16-8-10-2-3-11(14)19-10/h2-3,15H,4-9H2,1H3,(H,16,17). The van der Waals surface area contributed by atoms with Crippen molar-refractivity contribution in [3.05, 3.63) is 21.3 Å². The van der Waals surface area contributed by atoms with E-state index in [0.717, 1.165) is 35.1 Å². The van der Waals surface area contributed by atoms with E-state index in [0.29, 0.717) is 13.2 Å². The normalized spacial score (nSPS) is 18.2. The van der Waals surface area contributed by atoms with Crippen LogP contribution in [0.1, 0.15) is 17.7 Å². The molecule has 1 aliphatic heterocycles. The smallest absolute Gasteiger partial charge is 0.228 e. The predicted molar refractivity (Wildman–Crippen MR) is 77.6 cm³/mol. The zero-order valence-electron chi connectivity index (χ0n) is 11.0. The van der Waals surface area contributed by atoms with E-state index in [9.17, 15) is 4.79 Å². The van der Waals surface area contributed by atoms with Gasteiger partial charge in [0.15, 0.2) is 0 Å². The first kappa shape index (κ1) is 14.8. The van der Waals surface area contributed by atoms with Crippen LogP contribution in [0, 0.1) is 5.41 Å². The number of hydrogen-bond acceptors (Lipinski definition) is 4. The molecule has 6 heteroatoms. The molecule has 0 unspecified atom stereocenters. The highest BCUT2D eigenvalue weighted by molar-refractivity contribution is 7.16. The van der Waals surface area contributed by atoms with Crippen LogP contribution in [0.15, 0.2) is 12.1 Å². The number of piperidine rings is 1. The first-order valence-electron chi connectivity index (χ1n) is 6.38. The Balaban J connectivity index is 1.95. The van der Waals surface area contributed by atoms with Gasteiger partial charge < -0.3 is 15.4 Å². The number of nitrogens with one attached hydrogen (secondary N) is 2. The molecular weight excluding hydrogens is 284 g/mol. The molecule has 0 atom stereocenters. The molecule has 2 N–H and O–H groups in total. The third kappa shape index (κ3) is 3.69. The van der Waals surface area contributed by atoms with Gasteiger partial charge in [0.1, 0.15) is 0 Å². The highest BCUT2D eigenvalue weighted by Gasteiger charge is 2.39. The van der Waals surface area contributed by atoms with Gasteiger partial charge in [0.25, 0.3) is 0 Å². The van der Waals surface area contributed by atoms with E-state index in [1.165, 1.54) is 11.3 Å². The van der Waals surface area contributed by atoms with Gasteiger partial charge in [-0.15, -0.1) is 11.3 Å². The molecule has 0 aliphatic carbocycles. The molecule has 0 saturated carbocycles. The number of methoxy groups -OCH3 is 1. The minimum Gasteiger partial charge on any atom is -0.384 e. The molecule has 0 radical (unpaired) electrons. The maximum absolute atomic E-state index is 12.4. The van der Waals surface area contributed by atoms with Crippen molar-refractivity contribution in [2.24, 2.45) is 5.41 Å². The minimum atomic E-state index is -0.388. The van der Waals surface area contributed by atoms with Crippen LogP contribution in [0.25, 0.3) is 0 Å². The number of thiophene rings is 1. The average Bonchev–Trinajstić information content (AvgIpc) is 2.83. The van der Waals surface area contributed by atoms with Crippen molar-refractivity contribution in [1.82, 2.24) is 10.6 Å². The topological polar surface area (TPSA) is 50.4 Å². The summed E-state index contributed by atoms with van der Waals surface area (Å²) in [6.45, 7) is 2.74. The van der Waals surface area contributed by atoms with Crippen LogP contribution >= 0.6 is 22.9 Å². The molecule has 4 nitrogen and oxygen atoms in total. The third-order valence-corrected chi connectivity index (χ3v) is 4.75. The second-order valence-electron chi connectivity index (χ2n) is 4.85. The number of hydrogen-bond donors (Lipinski definition) is 2. The Labute approximate surface area is 122 Å². The van der Waals surface area contributed by atoms with Crippen LogP contribution in [0.3, 0.4) is 0 Å². The zero-order valence-corrected chi connectivity index (χ0v) is 12.6. The average molecular weight is 303 g/mol. The minimum absolute atomic E-state index is 0.0837. The van der Waals surface area contributed by atoms with Crippen molar-refractivity contribution in [2.45, 2.75) is 19.4 Å². The maximum atomic E-state index is 12.4. The summed E-state index contributed by atoms with van der Waals surface area (Å²) in [4.78, 5) is 13.5. The largest absolute Gasteiger partial charge is 0.384 e. The second-order valence-corrected chi connectivity index (χ2v) is 6.65. The highest BCUT2D eigenvalue weighted by atomic mass is 35.5. The van der Waals surface area contributed by atoms with E-state index in [4.69, 9.17) is 16.3 Å². The molecule has 19 heavy (non-hydrogen) atoms. The Morgan fingerprint density at radius 1 is 1.53 bits per heavy atom. The van der Waals surface area contributed by atoms with Crippen LogP contribution in [0.2, 0.25) is 4.34 Å². The van der Waals surface area contributed by atoms with E-state index in [-0.39, 0.29) is 11.3 Å². The second kappa shape index (κ2) is 6.70. The van der Waals surface area contributed by atoms with E-state index in [1.807, 2.05) is 12.1 Å². The van der Waals surface area contributed by atoms with Crippen molar-refractivity contribution in [2.75, 3.05) is 26.8 Å². The van der Waals surface area contributed by atoms with Crippen molar-refractivity contribution < 1.29 is 9.53 Å². The fraction of sp³-hybridized carbons (Fsp3) is 0.615. The summed E-state index contributed by atoms with van der Waals surface area (Å²) < 4.78 is 6.00. The van der Waals surface area contributed by atoms with Crippen molar-refractivity contribution in [1.29, 1.82) is 0 Å². The highest BCUT2D eigenvalue weighted by Crippen LogP contribution is 2.30. The SMILES string of the molecule is COCC1(C(=O)NCc2ccc(Cl)s2)CCNCC1. The van der Waals surface area contributed by atoms with Gasteiger partial charge in [-0.05, 0) is 38.1 Å². The van der Waals surface area contributed by atoms with Gasteiger partial charge in [0.05, 0.1) is 22.9 Å². The number of carbonyl (C=O) groups is 1. The van der Waals surface area contributed by atoms with Gasteiger partial charge in [-0.1, -0.05) is 11.6 Å². The molecule has 2 rings (SSSR count). The van der Waals surface area contributed by atoms with Gasteiger partial charge in [0, 0.05) is 12.0 Å². The number of rotatable bonds is 5. The summed E-state index contributed by atoms with van der Waals surface area (Å²) in [5, 5.41) is 6.29. The lowest BCUT2D eigenvalue weighted by Gasteiger charge is -2.35. The van der Waals surface area contributed by atoms with Crippen molar-refractivity contribution >= 4 is 28.8 Å². The molecule has 1 amide bonds. The summed E-state index contributed by atoms with van der Waals surface area (Å²) in [5.74, 6) is 0.0837. The molecule has 0 spiro atoms. The summed E-state index contributed by atoms with van der Waals surface area (Å²) in [7, 11) is 1.65. The Bertz CT molecular complexity index is 425. The molecule has 106 valence electrons. The molecule has 1 saturated heterocycles. The molecule has 2 heterocycles. The summed E-state index contributed by atoms with van der Waals surface area (Å²) in [6, 6.07) is 3.79. The Hall–Kier alpha value is -0.620. The van der Waals surface area contributed by atoms with E-state index in [2.05, 4.69) is 10.6 Å². The molecule has 0 aromatic carbocycles. The van der Waals surface area contributed by atoms with Gasteiger partial charge in [-0.2, -0.15) is 0 Å². The van der Waals surface area contributed by atoms with Crippen molar-refractivity contribution in [3.63, 3.8) is 0 Å². The molecule has 1 aromatic rings. The van der Waals surface area contributed by atoms with Crippen LogP contribution in [0.5, 0.6) is 0 Å². The van der Waals surface area contributed by atoms with Gasteiger partial charge in [0.2, 0.25) is 5.91 Å². The fourth-order valence-corrected chi connectivity index (χ4v) is 3.45. The lowest BCUT2D eigenvalue weighted by atomic mass is 9.78. The van der Waals surface area contributed by atoms with Crippen LogP contribution < -0.4 is 10.6 Å². The monoisotopic (exact) mass is 302 g/mol. The first-order valence-corrected chi connectivity index (χ1v) is 7.58. The molecule has 1 aromatic heterocycles. The Kier molecular flexibility index (Phi) is 5.21. The fourth-order valence-electron chi connectivity index (χ4n) is 2.42. The van der Waals surface area contributed by atoms with E-state index in [1.54, 1.807) is 7.11 Å². The maximum Gasteiger partial charge on any atom is 0.228 e. The quantitative estimate of drug-likeness (QED) is 0.875. The van der Waals surface area contributed by atoms with Gasteiger partial charge in [-0.3, -0.25) is 4.79 Å². The van der Waals surface area contributed by atoms with Gasteiger partial charge in [-0.25, -0.2) is 0 Å². The number of ether oxygens (including phenoxy) is 1. The first-order chi connectivity index (χ1) is 9.16. The number of halogens is 1. The summed E-state index contributed by atoms with van der Waals surface area (Å²) >= 11 is 7.37. The lowest BCUT2D eigenvalue weighted by Crippen LogP contribution is -2.49. The van der Waals surface area contributed by atoms with Crippen LogP contribution in [-0.2, 0) is 16.1 Å². The van der Waals surface area contributed by atoms with E-state index < -0.39 is 0 Å². The number of amides is 1. The van der Waals surface area contributed by atoms with E-state index >= 15 is 0 Å². The van der Waals surface area contributed by atoms with Crippen molar-refractivity contribution in [3.8, 4) is 0 Å². The zero-order chi connectivity index (χ0) is 13.7. The lowest BCUT2D eigenvalue weighted by molar-refractivity contribution is -0.136. The molecule has 1 fully saturated rings. The van der Waals surface area contributed by atoms with Crippen LogP contribution in [-0.4, -0.2) is 32.7 Å². The number of carbonyl (C=O) groups excluding carboxylic acids is 1. The third-order valence-electron chi connectivity index (χ3n) is 3.51. The van der Waals surface area contributed by atoms with Gasteiger partial charge >= 0.3 is 0 Å². The summed E-state index contributed by atoms with van der Waals surface area (Å²) in [6.07, 6.45) is 1.63. The molecular formula is C13H19ClN2O2S. The summed E-state index contributed by atoms with van der Waals surface area (Å²) in [5.41, 5.74) is -0.388. The Morgan fingerprint density at radius 2 is 2.26 bits per heavy atom.